The van der Waals surface area contributed by atoms with Crippen molar-refractivity contribution in [1.29, 1.82) is 0 Å². The van der Waals surface area contributed by atoms with Gasteiger partial charge in [-0.25, -0.2) is 0 Å². The third-order valence-corrected chi connectivity index (χ3v) is 4.21. The maximum atomic E-state index is 10.3. The minimum Gasteiger partial charge on any atom is -0.496 e. The molecule has 2 nitrogen and oxygen atoms in total. The van der Waals surface area contributed by atoms with Gasteiger partial charge in [-0.2, -0.15) is 0 Å². The Hall–Kier alpha value is -1.32. The number of hydrogen-bond acceptors (Lipinski definition) is 3. The second kappa shape index (κ2) is 5.55. The SMILES string of the molecule is COc1csc(C(O)Cc2c(C)cccc2C)c1. The molecule has 2 rings (SSSR count). The Morgan fingerprint density at radius 1 is 1.28 bits per heavy atom. The fourth-order valence-corrected chi connectivity index (χ4v) is 2.92. The minimum atomic E-state index is -0.460. The van der Waals surface area contributed by atoms with E-state index in [1.807, 2.05) is 11.4 Å². The quantitative estimate of drug-likeness (QED) is 0.911. The van der Waals surface area contributed by atoms with E-state index in [1.165, 1.54) is 28.0 Å². The third kappa shape index (κ3) is 2.74. The van der Waals surface area contributed by atoms with E-state index in [1.54, 1.807) is 7.11 Å². The van der Waals surface area contributed by atoms with Crippen LogP contribution < -0.4 is 4.74 Å². The second-order valence-electron chi connectivity index (χ2n) is 4.48. The number of aliphatic hydroxyl groups is 1. The topological polar surface area (TPSA) is 29.5 Å². The molecule has 0 spiro atoms. The third-order valence-electron chi connectivity index (χ3n) is 3.20. The second-order valence-corrected chi connectivity index (χ2v) is 5.42. The monoisotopic (exact) mass is 262 g/mol. The van der Waals surface area contributed by atoms with Crippen LogP contribution in [-0.4, -0.2) is 12.2 Å². The van der Waals surface area contributed by atoms with Crippen molar-refractivity contribution in [3.05, 3.63) is 51.2 Å². The number of aliphatic hydroxyl groups excluding tert-OH is 1. The van der Waals surface area contributed by atoms with Crippen LogP contribution in [0.1, 0.15) is 27.7 Å². The van der Waals surface area contributed by atoms with E-state index in [0.29, 0.717) is 6.42 Å². The van der Waals surface area contributed by atoms with E-state index >= 15 is 0 Å². The number of rotatable bonds is 4. The molecule has 1 heterocycles. The molecule has 1 unspecified atom stereocenters. The molecule has 18 heavy (non-hydrogen) atoms. The summed E-state index contributed by atoms with van der Waals surface area (Å²) in [6, 6.07) is 8.13. The zero-order chi connectivity index (χ0) is 13.1. The molecule has 0 radical (unpaired) electrons. The van der Waals surface area contributed by atoms with Gasteiger partial charge in [0.1, 0.15) is 5.75 Å². The molecule has 0 saturated heterocycles. The first-order valence-corrected chi connectivity index (χ1v) is 6.85. The molecule has 0 saturated carbocycles. The fourth-order valence-electron chi connectivity index (χ4n) is 2.08. The van der Waals surface area contributed by atoms with Gasteiger partial charge >= 0.3 is 0 Å². The predicted molar refractivity (Wildman–Crippen MR) is 75.5 cm³/mol. The number of benzene rings is 1. The predicted octanol–water partition coefficient (Wildman–Crippen LogP) is 3.65. The lowest BCUT2D eigenvalue weighted by Gasteiger charge is -2.13. The van der Waals surface area contributed by atoms with Crippen LogP contribution in [0, 0.1) is 13.8 Å². The molecule has 0 fully saturated rings. The smallest absolute Gasteiger partial charge is 0.129 e. The summed E-state index contributed by atoms with van der Waals surface area (Å²) in [5.41, 5.74) is 3.70. The molecular formula is C15H18O2S. The highest BCUT2D eigenvalue weighted by atomic mass is 32.1. The Kier molecular flexibility index (Phi) is 4.04. The Morgan fingerprint density at radius 3 is 2.50 bits per heavy atom. The van der Waals surface area contributed by atoms with Crippen LogP contribution in [0.15, 0.2) is 29.6 Å². The molecule has 1 atom stereocenters. The average molecular weight is 262 g/mol. The lowest BCUT2D eigenvalue weighted by Crippen LogP contribution is -2.03. The van der Waals surface area contributed by atoms with Gasteiger partial charge in [-0.05, 0) is 36.6 Å². The van der Waals surface area contributed by atoms with Crippen molar-refractivity contribution in [2.75, 3.05) is 7.11 Å². The summed E-state index contributed by atoms with van der Waals surface area (Å²) in [7, 11) is 1.64. The summed E-state index contributed by atoms with van der Waals surface area (Å²) in [4.78, 5) is 0.953. The summed E-state index contributed by atoms with van der Waals surface area (Å²) in [6.45, 7) is 4.17. The van der Waals surface area contributed by atoms with Crippen molar-refractivity contribution in [2.45, 2.75) is 26.4 Å². The van der Waals surface area contributed by atoms with Crippen molar-refractivity contribution in [1.82, 2.24) is 0 Å². The summed E-state index contributed by atoms with van der Waals surface area (Å²) >= 11 is 1.54. The molecule has 1 aromatic heterocycles. The molecule has 96 valence electrons. The van der Waals surface area contributed by atoms with Gasteiger partial charge in [0.05, 0.1) is 13.2 Å². The maximum Gasteiger partial charge on any atom is 0.129 e. The molecule has 1 aromatic carbocycles. The van der Waals surface area contributed by atoms with Crippen LogP contribution in [0.4, 0.5) is 0 Å². The van der Waals surface area contributed by atoms with Crippen molar-refractivity contribution in [3.63, 3.8) is 0 Å². The molecule has 2 aromatic rings. The molecule has 0 amide bonds. The van der Waals surface area contributed by atoms with E-state index in [0.717, 1.165) is 10.6 Å². The van der Waals surface area contributed by atoms with Crippen LogP contribution in [-0.2, 0) is 6.42 Å². The molecule has 0 aliphatic carbocycles. The summed E-state index contributed by atoms with van der Waals surface area (Å²) in [6.07, 6.45) is 0.195. The molecular weight excluding hydrogens is 244 g/mol. The van der Waals surface area contributed by atoms with Crippen molar-refractivity contribution in [2.24, 2.45) is 0 Å². The van der Waals surface area contributed by atoms with Crippen molar-refractivity contribution < 1.29 is 9.84 Å². The first kappa shape index (κ1) is 13.1. The number of hydrogen-bond donors (Lipinski definition) is 1. The Labute approximate surface area is 112 Å². The molecule has 0 bridgehead atoms. The minimum absolute atomic E-state index is 0.460. The molecule has 0 aliphatic heterocycles. The van der Waals surface area contributed by atoms with Gasteiger partial charge in [0.15, 0.2) is 0 Å². The number of thiophene rings is 1. The largest absolute Gasteiger partial charge is 0.496 e. The normalized spacial score (nSPS) is 12.4. The number of methoxy groups -OCH3 is 1. The Balaban J connectivity index is 2.18. The highest BCUT2D eigenvalue weighted by Gasteiger charge is 2.14. The van der Waals surface area contributed by atoms with E-state index in [9.17, 15) is 5.11 Å². The standard InChI is InChI=1S/C15H18O2S/c1-10-5-4-6-11(2)13(10)8-14(16)15-7-12(17-3)9-18-15/h4-7,9,14,16H,8H2,1-3H3. The van der Waals surface area contributed by atoms with Crippen molar-refractivity contribution in [3.8, 4) is 5.75 Å². The zero-order valence-corrected chi connectivity index (χ0v) is 11.8. The van der Waals surface area contributed by atoms with Gasteiger partial charge in [0.25, 0.3) is 0 Å². The fraction of sp³-hybridized carbons (Fsp3) is 0.333. The van der Waals surface area contributed by atoms with Gasteiger partial charge in [0, 0.05) is 16.7 Å². The first-order chi connectivity index (χ1) is 8.61. The van der Waals surface area contributed by atoms with Gasteiger partial charge in [-0.1, -0.05) is 18.2 Å². The lowest BCUT2D eigenvalue weighted by atomic mass is 9.97. The molecule has 0 aliphatic rings. The number of ether oxygens (including phenoxy) is 1. The number of aryl methyl sites for hydroxylation is 2. The summed E-state index contributed by atoms with van der Waals surface area (Å²) in [5.74, 6) is 0.815. The summed E-state index contributed by atoms with van der Waals surface area (Å²) in [5, 5.41) is 12.2. The summed E-state index contributed by atoms with van der Waals surface area (Å²) < 4.78 is 5.14. The van der Waals surface area contributed by atoms with E-state index in [4.69, 9.17) is 4.74 Å². The van der Waals surface area contributed by atoms with Crippen LogP contribution in [0.3, 0.4) is 0 Å². The highest BCUT2D eigenvalue weighted by Crippen LogP contribution is 2.30. The molecule has 1 N–H and O–H groups in total. The van der Waals surface area contributed by atoms with E-state index in [2.05, 4.69) is 32.0 Å². The Bertz CT molecular complexity index is 511. The van der Waals surface area contributed by atoms with E-state index < -0.39 is 6.10 Å². The average Bonchev–Trinajstić information content (AvgIpc) is 2.82. The van der Waals surface area contributed by atoms with Crippen molar-refractivity contribution >= 4 is 11.3 Å². The van der Waals surface area contributed by atoms with Gasteiger partial charge in [-0.3, -0.25) is 0 Å². The Morgan fingerprint density at radius 2 is 1.94 bits per heavy atom. The lowest BCUT2D eigenvalue weighted by molar-refractivity contribution is 0.181. The van der Waals surface area contributed by atoms with Crippen LogP contribution in [0.5, 0.6) is 5.75 Å². The van der Waals surface area contributed by atoms with Crippen LogP contribution >= 0.6 is 11.3 Å². The van der Waals surface area contributed by atoms with Gasteiger partial charge in [0.2, 0.25) is 0 Å². The van der Waals surface area contributed by atoms with Gasteiger partial charge in [-0.15, -0.1) is 11.3 Å². The zero-order valence-electron chi connectivity index (χ0n) is 10.9. The first-order valence-electron chi connectivity index (χ1n) is 5.97. The van der Waals surface area contributed by atoms with Crippen LogP contribution in [0.2, 0.25) is 0 Å². The maximum absolute atomic E-state index is 10.3. The van der Waals surface area contributed by atoms with Crippen LogP contribution in [0.25, 0.3) is 0 Å². The highest BCUT2D eigenvalue weighted by molar-refractivity contribution is 7.10. The van der Waals surface area contributed by atoms with Gasteiger partial charge < -0.3 is 9.84 Å². The molecule has 3 heteroatoms. The van der Waals surface area contributed by atoms with E-state index in [-0.39, 0.29) is 0 Å².